The molecular weight excluding hydrogens is 372 g/mol. The van der Waals surface area contributed by atoms with E-state index >= 15 is 0 Å². The molecule has 3 aromatic rings. The van der Waals surface area contributed by atoms with Gasteiger partial charge in [0.05, 0.1) is 32.8 Å². The Bertz CT molecular complexity index is 1020. The normalized spacial score (nSPS) is 16.2. The van der Waals surface area contributed by atoms with Gasteiger partial charge in [-0.3, -0.25) is 4.79 Å². The summed E-state index contributed by atoms with van der Waals surface area (Å²) in [5.41, 5.74) is 5.79. The van der Waals surface area contributed by atoms with E-state index in [9.17, 15) is 4.79 Å². The number of hydrogen-bond donors (Lipinski definition) is 1. The van der Waals surface area contributed by atoms with Gasteiger partial charge in [0.1, 0.15) is 12.3 Å². The first-order valence-corrected chi connectivity index (χ1v) is 10.8. The Labute approximate surface area is 177 Å². The molecule has 1 N–H and O–H groups in total. The molecule has 0 atom stereocenters. The average molecular weight is 400 g/mol. The van der Waals surface area contributed by atoms with Gasteiger partial charge in [0, 0.05) is 17.5 Å². The fourth-order valence-electron chi connectivity index (χ4n) is 4.46. The third-order valence-corrected chi connectivity index (χ3v) is 6.20. The van der Waals surface area contributed by atoms with Crippen LogP contribution in [0.3, 0.4) is 0 Å². The van der Waals surface area contributed by atoms with Crippen LogP contribution in [0.15, 0.2) is 72.8 Å². The van der Waals surface area contributed by atoms with Gasteiger partial charge >= 0.3 is 0 Å². The molecule has 0 aromatic heterocycles. The number of carbonyl (C=O) groups excluding carboxylic acids is 1. The Morgan fingerprint density at radius 1 is 0.900 bits per heavy atom. The molecule has 2 heterocycles. The highest BCUT2D eigenvalue weighted by atomic mass is 16.5. The van der Waals surface area contributed by atoms with Crippen molar-refractivity contribution >= 4 is 5.91 Å². The van der Waals surface area contributed by atoms with E-state index in [2.05, 4.69) is 30.3 Å². The predicted molar refractivity (Wildman–Crippen MR) is 118 cm³/mol. The van der Waals surface area contributed by atoms with Crippen LogP contribution in [0.4, 0.5) is 0 Å². The van der Waals surface area contributed by atoms with Gasteiger partial charge in [0.25, 0.3) is 5.91 Å². The highest BCUT2D eigenvalue weighted by molar-refractivity contribution is 5.94. The molecule has 2 aliphatic heterocycles. The number of amides is 1. The summed E-state index contributed by atoms with van der Waals surface area (Å²) in [5.74, 6) is 1.19. The zero-order chi connectivity index (χ0) is 20.3. The minimum Gasteiger partial charge on any atom is -0.493 e. The van der Waals surface area contributed by atoms with Gasteiger partial charge in [-0.15, -0.1) is 0 Å². The van der Waals surface area contributed by atoms with Crippen LogP contribution in [0.25, 0.3) is 11.1 Å². The molecule has 0 spiro atoms. The monoisotopic (exact) mass is 399 g/mol. The highest BCUT2D eigenvalue weighted by Gasteiger charge is 2.25. The van der Waals surface area contributed by atoms with E-state index < -0.39 is 0 Å². The fourth-order valence-corrected chi connectivity index (χ4v) is 4.46. The first-order valence-electron chi connectivity index (χ1n) is 10.8. The molecular formula is C26H27N2O2+. The van der Waals surface area contributed by atoms with Crippen LogP contribution in [-0.2, 0) is 13.0 Å². The molecule has 1 fully saturated rings. The molecule has 1 saturated heterocycles. The first kappa shape index (κ1) is 18.9. The topological polar surface area (TPSA) is 34.0 Å². The van der Waals surface area contributed by atoms with Gasteiger partial charge in [-0.05, 0) is 47.0 Å². The predicted octanol–water partition coefficient (Wildman–Crippen LogP) is 2.83. The Morgan fingerprint density at radius 3 is 2.40 bits per heavy atom. The summed E-state index contributed by atoms with van der Waals surface area (Å²) in [6.07, 6.45) is 1.02. The van der Waals surface area contributed by atoms with Gasteiger partial charge in [0.2, 0.25) is 0 Å². The van der Waals surface area contributed by atoms with Crippen molar-refractivity contribution in [2.45, 2.75) is 13.0 Å². The number of nitrogens with zero attached hydrogens (tertiary/aromatic N) is 1. The molecule has 3 aromatic carbocycles. The lowest BCUT2D eigenvalue weighted by Crippen LogP contribution is -3.13. The van der Waals surface area contributed by atoms with Gasteiger partial charge in [-0.25, -0.2) is 0 Å². The molecule has 0 radical (unpaired) electrons. The Kier molecular flexibility index (Phi) is 5.24. The summed E-state index contributed by atoms with van der Waals surface area (Å²) >= 11 is 0. The third kappa shape index (κ3) is 3.96. The lowest BCUT2D eigenvalue weighted by molar-refractivity contribution is -0.917. The maximum absolute atomic E-state index is 12.9. The number of quaternary nitrogens is 1. The molecule has 0 bridgehead atoms. The van der Waals surface area contributed by atoms with Gasteiger partial charge in [-0.2, -0.15) is 0 Å². The van der Waals surface area contributed by atoms with Crippen LogP contribution >= 0.6 is 0 Å². The third-order valence-electron chi connectivity index (χ3n) is 6.20. The Morgan fingerprint density at radius 2 is 1.63 bits per heavy atom. The van der Waals surface area contributed by atoms with Crippen molar-refractivity contribution in [3.05, 3.63) is 89.5 Å². The molecule has 4 heteroatoms. The van der Waals surface area contributed by atoms with Crippen molar-refractivity contribution in [1.29, 1.82) is 0 Å². The molecule has 152 valence electrons. The van der Waals surface area contributed by atoms with E-state index in [1.165, 1.54) is 21.6 Å². The van der Waals surface area contributed by atoms with Crippen molar-refractivity contribution in [2.24, 2.45) is 0 Å². The first-order chi connectivity index (χ1) is 14.8. The van der Waals surface area contributed by atoms with Crippen LogP contribution in [0.1, 0.15) is 21.5 Å². The second-order valence-electron chi connectivity index (χ2n) is 8.20. The molecule has 0 unspecified atom stereocenters. The number of fused-ring (bicyclic) bond motifs is 1. The summed E-state index contributed by atoms with van der Waals surface area (Å²) in [6, 6.07) is 24.8. The zero-order valence-corrected chi connectivity index (χ0v) is 17.1. The minimum atomic E-state index is 0.142. The molecule has 0 aliphatic carbocycles. The van der Waals surface area contributed by atoms with E-state index in [0.29, 0.717) is 0 Å². The molecule has 5 rings (SSSR count). The maximum atomic E-state index is 12.9. The molecule has 2 aliphatic rings. The van der Waals surface area contributed by atoms with Crippen molar-refractivity contribution < 1.29 is 14.4 Å². The minimum absolute atomic E-state index is 0.142. The maximum Gasteiger partial charge on any atom is 0.254 e. The standard InChI is InChI=1S/C26H26N2O2/c29-26(23-9-7-22(8-10-23)21-4-2-1-3-5-21)28-15-13-27(14-16-28)19-20-6-11-25-24(18-20)12-17-30-25/h1-11,18H,12-17,19H2/p+1. The summed E-state index contributed by atoms with van der Waals surface area (Å²) in [6.45, 7) is 5.41. The average Bonchev–Trinajstić information content (AvgIpc) is 3.28. The number of hydrogen-bond acceptors (Lipinski definition) is 2. The van der Waals surface area contributed by atoms with Crippen LogP contribution in [0.5, 0.6) is 5.75 Å². The second kappa shape index (κ2) is 8.33. The Balaban J connectivity index is 1.18. The van der Waals surface area contributed by atoms with Gasteiger partial charge in [-0.1, -0.05) is 42.5 Å². The van der Waals surface area contributed by atoms with Gasteiger partial charge < -0.3 is 14.5 Å². The lowest BCUT2D eigenvalue weighted by Gasteiger charge is -2.32. The van der Waals surface area contributed by atoms with E-state index in [1.807, 2.05) is 47.4 Å². The summed E-state index contributed by atoms with van der Waals surface area (Å²) in [7, 11) is 0. The number of ether oxygens (including phenoxy) is 1. The van der Waals surface area contributed by atoms with Gasteiger partial charge in [0.15, 0.2) is 0 Å². The van der Waals surface area contributed by atoms with Crippen molar-refractivity contribution in [2.75, 3.05) is 32.8 Å². The van der Waals surface area contributed by atoms with E-state index in [4.69, 9.17) is 4.74 Å². The second-order valence-corrected chi connectivity index (χ2v) is 8.20. The largest absolute Gasteiger partial charge is 0.493 e. The van der Waals surface area contributed by atoms with Crippen molar-refractivity contribution in [1.82, 2.24) is 4.90 Å². The van der Waals surface area contributed by atoms with Crippen molar-refractivity contribution in [3.63, 3.8) is 0 Å². The molecule has 30 heavy (non-hydrogen) atoms. The van der Waals surface area contributed by atoms with Crippen LogP contribution < -0.4 is 9.64 Å². The lowest BCUT2D eigenvalue weighted by atomic mass is 10.0. The quantitative estimate of drug-likeness (QED) is 0.732. The molecule has 4 nitrogen and oxygen atoms in total. The SMILES string of the molecule is O=C(c1ccc(-c2ccccc2)cc1)N1CC[NH+](Cc2ccc3c(c2)CCO3)CC1. The number of rotatable bonds is 4. The van der Waals surface area contributed by atoms with E-state index in [0.717, 1.165) is 62.6 Å². The van der Waals surface area contributed by atoms with Crippen molar-refractivity contribution in [3.8, 4) is 16.9 Å². The van der Waals surface area contributed by atoms with E-state index in [-0.39, 0.29) is 5.91 Å². The summed E-state index contributed by atoms with van der Waals surface area (Å²) < 4.78 is 5.61. The number of nitrogens with one attached hydrogen (secondary N) is 1. The van der Waals surface area contributed by atoms with Crippen LogP contribution in [-0.4, -0.2) is 43.6 Å². The summed E-state index contributed by atoms with van der Waals surface area (Å²) in [5, 5.41) is 0. The number of benzene rings is 3. The van der Waals surface area contributed by atoms with Crippen LogP contribution in [0, 0.1) is 0 Å². The molecule has 0 saturated carbocycles. The fraction of sp³-hybridized carbons (Fsp3) is 0.269. The highest BCUT2D eigenvalue weighted by Crippen LogP contribution is 2.25. The van der Waals surface area contributed by atoms with Crippen LogP contribution in [0.2, 0.25) is 0 Å². The smallest absolute Gasteiger partial charge is 0.254 e. The zero-order valence-electron chi connectivity index (χ0n) is 17.1. The molecule has 1 amide bonds. The Hall–Kier alpha value is -3.11. The van der Waals surface area contributed by atoms with E-state index in [1.54, 1.807) is 0 Å². The number of piperazine rings is 1. The summed E-state index contributed by atoms with van der Waals surface area (Å²) in [4.78, 5) is 16.5. The number of carbonyl (C=O) groups is 1.